The highest BCUT2D eigenvalue weighted by atomic mass is 16.5. The first-order valence-electron chi connectivity index (χ1n) is 9.54. The molecule has 1 amide bonds. The Bertz CT molecular complexity index is 1090. The van der Waals surface area contributed by atoms with Gasteiger partial charge in [-0.2, -0.15) is 0 Å². The summed E-state index contributed by atoms with van der Waals surface area (Å²) in [5, 5.41) is 0. The topological polar surface area (TPSA) is 73.7 Å². The predicted octanol–water partition coefficient (Wildman–Crippen LogP) is 2.43. The Hall–Kier alpha value is -3.35. The van der Waals surface area contributed by atoms with E-state index in [1.807, 2.05) is 47.4 Å². The number of para-hydroxylation sites is 2. The molecule has 0 radical (unpaired) electrons. The summed E-state index contributed by atoms with van der Waals surface area (Å²) in [7, 11) is 3.25. The molecular weight excluding hydrogens is 370 g/mol. The molecule has 1 saturated heterocycles. The van der Waals surface area contributed by atoms with Gasteiger partial charge in [-0.15, -0.1) is 0 Å². The number of carbonyl (C=O) groups excluding carboxylic acids is 1. The third-order valence-corrected chi connectivity index (χ3v) is 5.43. The lowest BCUT2D eigenvalue weighted by Crippen LogP contribution is -2.35. The van der Waals surface area contributed by atoms with Crippen LogP contribution in [0.4, 0.5) is 0 Å². The van der Waals surface area contributed by atoms with Crippen LogP contribution in [0.2, 0.25) is 0 Å². The van der Waals surface area contributed by atoms with Gasteiger partial charge in [0.1, 0.15) is 18.0 Å². The van der Waals surface area contributed by atoms with E-state index in [2.05, 4.69) is 4.98 Å². The summed E-state index contributed by atoms with van der Waals surface area (Å²) in [5.41, 5.74) is 2.18. The Kier molecular flexibility index (Phi) is 5.20. The average molecular weight is 393 g/mol. The maximum Gasteiger partial charge on any atom is 0.269 e. The highest BCUT2D eigenvalue weighted by Gasteiger charge is 2.28. The van der Waals surface area contributed by atoms with Gasteiger partial charge in [-0.3, -0.25) is 14.2 Å². The quantitative estimate of drug-likeness (QED) is 0.666. The Balaban J connectivity index is 1.53. The van der Waals surface area contributed by atoms with Gasteiger partial charge in [0.05, 0.1) is 31.4 Å². The Morgan fingerprint density at radius 1 is 1.14 bits per heavy atom. The minimum atomic E-state index is -0.273. The number of rotatable bonds is 5. The van der Waals surface area contributed by atoms with Crippen molar-refractivity contribution in [3.8, 4) is 11.5 Å². The minimum Gasteiger partial charge on any atom is -0.497 e. The Labute approximate surface area is 168 Å². The lowest BCUT2D eigenvalue weighted by Gasteiger charge is -2.18. The van der Waals surface area contributed by atoms with E-state index in [0.717, 1.165) is 23.5 Å². The van der Waals surface area contributed by atoms with Crippen LogP contribution < -0.4 is 15.0 Å². The molecule has 0 bridgehead atoms. The molecule has 0 aliphatic carbocycles. The van der Waals surface area contributed by atoms with Gasteiger partial charge >= 0.3 is 0 Å². The van der Waals surface area contributed by atoms with Crippen LogP contribution in [-0.2, 0) is 11.3 Å². The molecular formula is C22H23N3O4. The maximum absolute atomic E-state index is 12.9. The van der Waals surface area contributed by atoms with Crippen LogP contribution in [0.3, 0.4) is 0 Å². The molecule has 7 nitrogen and oxygen atoms in total. The summed E-state index contributed by atoms with van der Waals surface area (Å²) >= 11 is 0. The smallest absolute Gasteiger partial charge is 0.269 e. The summed E-state index contributed by atoms with van der Waals surface area (Å²) in [6, 6.07) is 13.2. The van der Waals surface area contributed by atoms with Gasteiger partial charge in [-0.1, -0.05) is 12.1 Å². The number of benzene rings is 2. The first kappa shape index (κ1) is 19.0. The summed E-state index contributed by atoms with van der Waals surface area (Å²) < 4.78 is 12.2. The normalized spacial score (nSPS) is 16.2. The fourth-order valence-electron chi connectivity index (χ4n) is 3.84. The summed E-state index contributed by atoms with van der Waals surface area (Å²) in [6.45, 7) is 1.27. The summed E-state index contributed by atoms with van der Waals surface area (Å²) in [4.78, 5) is 31.2. The van der Waals surface area contributed by atoms with Crippen LogP contribution in [0.5, 0.6) is 11.5 Å². The molecule has 7 heteroatoms. The Morgan fingerprint density at radius 3 is 2.59 bits per heavy atom. The van der Waals surface area contributed by atoms with Crippen LogP contribution in [0.1, 0.15) is 17.9 Å². The minimum absolute atomic E-state index is 0.00994. The monoisotopic (exact) mass is 393 g/mol. The van der Waals surface area contributed by atoms with Crippen molar-refractivity contribution in [2.24, 2.45) is 0 Å². The lowest BCUT2D eigenvalue weighted by molar-refractivity contribution is -0.130. The van der Waals surface area contributed by atoms with Crippen LogP contribution >= 0.6 is 0 Å². The first-order chi connectivity index (χ1) is 14.1. The van der Waals surface area contributed by atoms with E-state index in [0.29, 0.717) is 24.1 Å². The number of ether oxygens (including phenoxy) is 2. The number of methoxy groups -OCH3 is 2. The Morgan fingerprint density at radius 2 is 1.86 bits per heavy atom. The third-order valence-electron chi connectivity index (χ3n) is 5.43. The van der Waals surface area contributed by atoms with E-state index in [1.165, 1.54) is 10.8 Å². The molecule has 2 aromatic carbocycles. The molecule has 2 heterocycles. The molecule has 0 saturated carbocycles. The number of fused-ring (bicyclic) bond motifs is 1. The molecule has 0 N–H and O–H groups in total. The van der Waals surface area contributed by atoms with E-state index in [4.69, 9.17) is 9.47 Å². The molecule has 1 fully saturated rings. The number of likely N-dealkylation sites (tertiary alicyclic amines) is 1. The zero-order valence-electron chi connectivity index (χ0n) is 16.5. The molecule has 3 aromatic rings. The van der Waals surface area contributed by atoms with E-state index in [9.17, 15) is 9.59 Å². The second-order valence-corrected chi connectivity index (χ2v) is 7.14. The van der Waals surface area contributed by atoms with Crippen molar-refractivity contribution in [2.75, 3.05) is 27.3 Å². The van der Waals surface area contributed by atoms with E-state index in [-0.39, 0.29) is 23.9 Å². The molecule has 29 heavy (non-hydrogen) atoms. The van der Waals surface area contributed by atoms with Gasteiger partial charge < -0.3 is 14.4 Å². The second kappa shape index (κ2) is 7.95. The summed E-state index contributed by atoms with van der Waals surface area (Å²) in [6.07, 6.45) is 2.12. The number of amides is 1. The van der Waals surface area contributed by atoms with Crippen LogP contribution in [0.15, 0.2) is 53.5 Å². The third kappa shape index (κ3) is 3.81. The van der Waals surface area contributed by atoms with Gasteiger partial charge in [0, 0.05) is 25.1 Å². The SMILES string of the molecule is COc1cc(OC)cc(C2CCN(C(=O)Cn3c(=O)cnc4ccccc43)C2)c1. The molecule has 1 unspecified atom stereocenters. The number of aromatic nitrogens is 2. The average Bonchev–Trinajstić information content (AvgIpc) is 3.26. The highest BCUT2D eigenvalue weighted by molar-refractivity contribution is 5.80. The molecule has 4 rings (SSSR count). The van der Waals surface area contributed by atoms with Crippen molar-refractivity contribution >= 4 is 16.9 Å². The standard InChI is InChI=1S/C22H23N3O4/c1-28-17-9-16(10-18(11-17)29-2)15-7-8-24(13-15)22(27)14-25-20-6-4-3-5-19(20)23-12-21(25)26/h3-6,9-12,15H,7-8,13-14H2,1-2H3. The van der Waals surface area contributed by atoms with Crippen molar-refractivity contribution in [2.45, 2.75) is 18.9 Å². The zero-order valence-corrected chi connectivity index (χ0v) is 16.5. The highest BCUT2D eigenvalue weighted by Crippen LogP contribution is 2.33. The molecule has 150 valence electrons. The van der Waals surface area contributed by atoms with Crippen molar-refractivity contribution in [1.29, 1.82) is 0 Å². The van der Waals surface area contributed by atoms with Gasteiger partial charge in [0.2, 0.25) is 5.91 Å². The van der Waals surface area contributed by atoms with Crippen molar-refractivity contribution < 1.29 is 14.3 Å². The second-order valence-electron chi connectivity index (χ2n) is 7.14. The van der Waals surface area contributed by atoms with Gasteiger partial charge in [-0.05, 0) is 36.2 Å². The first-order valence-corrected chi connectivity index (χ1v) is 9.54. The van der Waals surface area contributed by atoms with Gasteiger partial charge in [-0.25, -0.2) is 4.98 Å². The van der Waals surface area contributed by atoms with E-state index < -0.39 is 0 Å². The molecule has 0 spiro atoms. The molecule has 1 aliphatic heterocycles. The predicted molar refractivity (Wildman–Crippen MR) is 109 cm³/mol. The van der Waals surface area contributed by atoms with Gasteiger partial charge in [0.25, 0.3) is 5.56 Å². The van der Waals surface area contributed by atoms with Crippen LogP contribution in [0.25, 0.3) is 11.0 Å². The van der Waals surface area contributed by atoms with Crippen LogP contribution in [-0.4, -0.2) is 47.7 Å². The largest absolute Gasteiger partial charge is 0.497 e. The van der Waals surface area contributed by atoms with Crippen molar-refractivity contribution in [3.05, 3.63) is 64.6 Å². The maximum atomic E-state index is 12.9. The fourth-order valence-corrected chi connectivity index (χ4v) is 3.84. The zero-order chi connectivity index (χ0) is 20.4. The summed E-state index contributed by atoms with van der Waals surface area (Å²) in [5.74, 6) is 1.60. The number of carbonyl (C=O) groups is 1. The van der Waals surface area contributed by atoms with Gasteiger partial charge in [0.15, 0.2) is 0 Å². The molecule has 1 aliphatic rings. The van der Waals surface area contributed by atoms with Crippen LogP contribution in [0, 0.1) is 0 Å². The molecule has 1 atom stereocenters. The molecule has 1 aromatic heterocycles. The lowest BCUT2D eigenvalue weighted by atomic mass is 9.98. The number of hydrogen-bond acceptors (Lipinski definition) is 5. The fraction of sp³-hybridized carbons (Fsp3) is 0.318. The number of nitrogens with zero attached hydrogens (tertiary/aromatic N) is 3. The van der Waals surface area contributed by atoms with E-state index in [1.54, 1.807) is 14.2 Å². The number of hydrogen-bond donors (Lipinski definition) is 0. The van der Waals surface area contributed by atoms with Crippen molar-refractivity contribution in [3.63, 3.8) is 0 Å². The van der Waals surface area contributed by atoms with E-state index >= 15 is 0 Å². The van der Waals surface area contributed by atoms with Crippen molar-refractivity contribution in [1.82, 2.24) is 14.5 Å².